The molecule has 0 unspecified atom stereocenters. The number of nitrogens with zero attached hydrogens (tertiary/aromatic N) is 1. The van der Waals surface area contributed by atoms with Crippen LogP contribution < -0.4 is 4.74 Å². The Kier molecular flexibility index (Phi) is 4.88. The average Bonchev–Trinajstić information content (AvgIpc) is 3.07. The molecule has 0 amide bonds. The Balaban J connectivity index is 1.58. The normalized spacial score (nSPS) is 10.9. The maximum absolute atomic E-state index is 11.0. The maximum atomic E-state index is 11.0. The standard InChI is InChI=1S/C21H14ClNO3S/c1-13(24)25-16-6-2-14(3-7-16)21-23-19-11-10-18(12-20(19)26-21)27-17-8-4-15(22)5-9-17/h2-12H,1H3. The summed E-state index contributed by atoms with van der Waals surface area (Å²) in [5.41, 5.74) is 2.32. The minimum absolute atomic E-state index is 0.352. The molecule has 6 heteroatoms. The van der Waals surface area contributed by atoms with Gasteiger partial charge in [0.05, 0.1) is 0 Å². The van der Waals surface area contributed by atoms with E-state index in [0.29, 0.717) is 17.2 Å². The van der Waals surface area contributed by atoms with E-state index in [9.17, 15) is 4.79 Å². The van der Waals surface area contributed by atoms with Crippen LogP contribution in [0, 0.1) is 0 Å². The van der Waals surface area contributed by atoms with Gasteiger partial charge in [-0.3, -0.25) is 4.79 Å². The lowest BCUT2D eigenvalue weighted by Crippen LogP contribution is -2.00. The summed E-state index contributed by atoms with van der Waals surface area (Å²) in [6.07, 6.45) is 0. The van der Waals surface area contributed by atoms with Gasteiger partial charge in [-0.15, -0.1) is 0 Å². The number of oxazole rings is 1. The Morgan fingerprint density at radius 1 is 1.00 bits per heavy atom. The van der Waals surface area contributed by atoms with Gasteiger partial charge in [-0.05, 0) is 66.7 Å². The fourth-order valence-electron chi connectivity index (χ4n) is 2.56. The third kappa shape index (κ3) is 4.15. The van der Waals surface area contributed by atoms with Crippen LogP contribution in [0.3, 0.4) is 0 Å². The van der Waals surface area contributed by atoms with Gasteiger partial charge in [0.1, 0.15) is 11.3 Å². The topological polar surface area (TPSA) is 52.3 Å². The molecule has 0 bridgehead atoms. The predicted octanol–water partition coefficient (Wildman–Crippen LogP) is 6.22. The summed E-state index contributed by atoms with van der Waals surface area (Å²) in [4.78, 5) is 17.7. The van der Waals surface area contributed by atoms with Gasteiger partial charge in [0, 0.05) is 27.3 Å². The van der Waals surface area contributed by atoms with E-state index in [4.69, 9.17) is 20.8 Å². The van der Waals surface area contributed by atoms with Crippen LogP contribution >= 0.6 is 23.4 Å². The van der Waals surface area contributed by atoms with E-state index in [1.807, 2.05) is 54.6 Å². The molecule has 1 aromatic heterocycles. The summed E-state index contributed by atoms with van der Waals surface area (Å²) >= 11 is 7.56. The summed E-state index contributed by atoms with van der Waals surface area (Å²) < 4.78 is 11.0. The zero-order chi connectivity index (χ0) is 18.8. The molecule has 4 nitrogen and oxygen atoms in total. The maximum Gasteiger partial charge on any atom is 0.308 e. The van der Waals surface area contributed by atoms with Crippen LogP contribution in [0.25, 0.3) is 22.6 Å². The monoisotopic (exact) mass is 395 g/mol. The highest BCUT2D eigenvalue weighted by Gasteiger charge is 2.10. The van der Waals surface area contributed by atoms with Gasteiger partial charge >= 0.3 is 5.97 Å². The van der Waals surface area contributed by atoms with E-state index in [-0.39, 0.29) is 5.97 Å². The Bertz CT molecular complexity index is 1100. The Labute approximate surface area is 165 Å². The first kappa shape index (κ1) is 17.6. The molecular weight excluding hydrogens is 382 g/mol. The molecule has 0 spiro atoms. The lowest BCUT2D eigenvalue weighted by atomic mass is 10.2. The molecule has 4 aromatic rings. The number of aromatic nitrogens is 1. The van der Waals surface area contributed by atoms with Crippen molar-refractivity contribution in [3.8, 4) is 17.2 Å². The number of hydrogen-bond acceptors (Lipinski definition) is 5. The molecule has 0 fully saturated rings. The fraction of sp³-hybridized carbons (Fsp3) is 0.0476. The summed E-state index contributed by atoms with van der Waals surface area (Å²) in [5.74, 6) is 0.660. The van der Waals surface area contributed by atoms with Gasteiger partial charge in [-0.2, -0.15) is 0 Å². The van der Waals surface area contributed by atoms with Crippen LogP contribution in [0.4, 0.5) is 0 Å². The number of hydrogen-bond donors (Lipinski definition) is 0. The first-order valence-corrected chi connectivity index (χ1v) is 9.39. The van der Waals surface area contributed by atoms with Gasteiger partial charge in [-0.1, -0.05) is 23.4 Å². The minimum atomic E-state index is -0.352. The first-order valence-electron chi connectivity index (χ1n) is 8.20. The number of ether oxygens (including phenoxy) is 1. The van der Waals surface area contributed by atoms with Crippen LogP contribution in [0.1, 0.15) is 6.92 Å². The van der Waals surface area contributed by atoms with Crippen LogP contribution in [0.2, 0.25) is 5.02 Å². The molecule has 3 aromatic carbocycles. The van der Waals surface area contributed by atoms with Gasteiger partial charge in [0.2, 0.25) is 5.89 Å². The van der Waals surface area contributed by atoms with Crippen molar-refractivity contribution in [2.45, 2.75) is 16.7 Å². The van der Waals surface area contributed by atoms with E-state index < -0.39 is 0 Å². The number of esters is 1. The van der Waals surface area contributed by atoms with Gasteiger partial charge < -0.3 is 9.15 Å². The SMILES string of the molecule is CC(=O)Oc1ccc(-c2nc3ccc(Sc4ccc(Cl)cc4)cc3o2)cc1. The minimum Gasteiger partial charge on any atom is -0.436 e. The van der Waals surface area contributed by atoms with Gasteiger partial charge in [0.25, 0.3) is 0 Å². The molecular formula is C21H14ClNO3S. The van der Waals surface area contributed by atoms with Crippen molar-refractivity contribution in [3.63, 3.8) is 0 Å². The first-order chi connectivity index (χ1) is 13.1. The lowest BCUT2D eigenvalue weighted by Gasteiger charge is -2.01. The zero-order valence-electron chi connectivity index (χ0n) is 14.3. The average molecular weight is 396 g/mol. The van der Waals surface area contributed by atoms with E-state index in [1.165, 1.54) is 6.92 Å². The number of carbonyl (C=O) groups excluding carboxylic acids is 1. The number of carbonyl (C=O) groups is 1. The van der Waals surface area contributed by atoms with Crippen molar-refractivity contribution >= 4 is 40.4 Å². The highest BCUT2D eigenvalue weighted by atomic mass is 35.5. The molecule has 0 atom stereocenters. The largest absolute Gasteiger partial charge is 0.436 e. The highest BCUT2D eigenvalue weighted by Crippen LogP contribution is 2.32. The van der Waals surface area contributed by atoms with Crippen molar-refractivity contribution in [1.82, 2.24) is 4.98 Å². The third-order valence-electron chi connectivity index (χ3n) is 3.77. The van der Waals surface area contributed by atoms with Crippen LogP contribution in [-0.4, -0.2) is 11.0 Å². The molecule has 134 valence electrons. The molecule has 0 saturated heterocycles. The molecule has 27 heavy (non-hydrogen) atoms. The molecule has 4 rings (SSSR count). The summed E-state index contributed by atoms with van der Waals surface area (Å²) in [5, 5.41) is 0.717. The highest BCUT2D eigenvalue weighted by molar-refractivity contribution is 7.99. The van der Waals surface area contributed by atoms with E-state index in [2.05, 4.69) is 4.98 Å². The van der Waals surface area contributed by atoms with E-state index in [1.54, 1.807) is 23.9 Å². The lowest BCUT2D eigenvalue weighted by molar-refractivity contribution is -0.131. The predicted molar refractivity (Wildman–Crippen MR) is 106 cm³/mol. The van der Waals surface area contributed by atoms with E-state index >= 15 is 0 Å². The van der Waals surface area contributed by atoms with Gasteiger partial charge in [-0.25, -0.2) is 4.98 Å². The molecule has 0 aliphatic rings. The Morgan fingerprint density at radius 2 is 1.70 bits per heavy atom. The van der Waals surface area contributed by atoms with Crippen molar-refractivity contribution in [1.29, 1.82) is 0 Å². The summed E-state index contributed by atoms with van der Waals surface area (Å²) in [7, 11) is 0. The molecule has 0 saturated carbocycles. The zero-order valence-corrected chi connectivity index (χ0v) is 15.9. The smallest absolute Gasteiger partial charge is 0.308 e. The second-order valence-electron chi connectivity index (χ2n) is 5.82. The molecule has 1 heterocycles. The number of fused-ring (bicyclic) bond motifs is 1. The number of rotatable bonds is 4. The second-order valence-corrected chi connectivity index (χ2v) is 7.41. The van der Waals surface area contributed by atoms with Crippen LogP contribution in [0.15, 0.2) is 80.9 Å². The van der Waals surface area contributed by atoms with Crippen LogP contribution in [-0.2, 0) is 4.79 Å². The molecule has 0 radical (unpaired) electrons. The quantitative estimate of drug-likeness (QED) is 0.303. The van der Waals surface area contributed by atoms with Crippen molar-refractivity contribution in [2.24, 2.45) is 0 Å². The number of halogens is 1. The number of benzene rings is 3. The summed E-state index contributed by atoms with van der Waals surface area (Å²) in [6.45, 7) is 1.37. The molecule has 0 aliphatic carbocycles. The van der Waals surface area contributed by atoms with Gasteiger partial charge in [0.15, 0.2) is 5.58 Å². The Hall–Kier alpha value is -2.76. The van der Waals surface area contributed by atoms with Crippen LogP contribution in [0.5, 0.6) is 5.75 Å². The van der Waals surface area contributed by atoms with E-state index in [0.717, 1.165) is 25.9 Å². The molecule has 0 aliphatic heterocycles. The second kappa shape index (κ2) is 7.47. The van der Waals surface area contributed by atoms with Crippen molar-refractivity contribution < 1.29 is 13.9 Å². The third-order valence-corrected chi connectivity index (χ3v) is 5.02. The van der Waals surface area contributed by atoms with Crippen molar-refractivity contribution in [2.75, 3.05) is 0 Å². The fourth-order valence-corrected chi connectivity index (χ4v) is 3.53. The Morgan fingerprint density at radius 3 is 2.41 bits per heavy atom. The summed E-state index contributed by atoms with van der Waals surface area (Å²) in [6, 6.07) is 20.7. The molecule has 0 N–H and O–H groups in total. The van der Waals surface area contributed by atoms with Crippen molar-refractivity contribution in [3.05, 3.63) is 71.8 Å².